The monoisotopic (exact) mass is 1300 g/mol. The predicted molar refractivity (Wildman–Crippen MR) is 328 cm³/mol. The first-order valence-electron chi connectivity index (χ1n) is 28.8. The van der Waals surface area contributed by atoms with E-state index in [2.05, 4.69) is 49.1 Å². The van der Waals surface area contributed by atoms with Crippen molar-refractivity contribution in [2.45, 2.75) is 166 Å². The third kappa shape index (κ3) is 19.2. The number of hydrogen-bond acceptors (Lipinski definition) is 16. The molecule has 3 aliphatic heterocycles. The number of carbonyl (C=O) groups is 9. The zero-order valence-corrected chi connectivity index (χ0v) is 53.6. The van der Waals surface area contributed by atoms with Crippen molar-refractivity contribution in [3.8, 4) is 5.75 Å². The molecule has 0 radical (unpaired) electrons. The van der Waals surface area contributed by atoms with Crippen LogP contribution in [0, 0.1) is 11.8 Å². The van der Waals surface area contributed by atoms with Crippen molar-refractivity contribution >= 4 is 92.5 Å². The van der Waals surface area contributed by atoms with Gasteiger partial charge in [0.1, 0.15) is 52.8 Å². The molecular formula is C61H84BrClN8O16. The number of fused-ring (bicyclic) bond motifs is 5. The van der Waals surface area contributed by atoms with Crippen molar-refractivity contribution in [1.29, 1.82) is 0 Å². The van der Waals surface area contributed by atoms with Gasteiger partial charge < -0.3 is 70.3 Å². The molecule has 2 aromatic rings. The van der Waals surface area contributed by atoms with Crippen molar-refractivity contribution in [2.24, 2.45) is 17.6 Å². The number of benzene rings is 2. The Balaban J connectivity index is 1.30. The second-order valence-corrected chi connectivity index (χ2v) is 23.8. The number of rotatable bonds is 24. The lowest BCUT2D eigenvalue weighted by molar-refractivity contribution is -0.158. The Bertz CT molecular complexity index is 2930. The number of nitrogens with one attached hydrogen (secondary N) is 5. The van der Waals surface area contributed by atoms with Crippen LogP contribution in [0.25, 0.3) is 0 Å². The van der Waals surface area contributed by atoms with Gasteiger partial charge in [-0.05, 0) is 114 Å². The molecule has 2 saturated heterocycles. The molecule has 3 heterocycles. The van der Waals surface area contributed by atoms with Crippen LogP contribution in [-0.4, -0.2) is 164 Å². The lowest BCUT2D eigenvalue weighted by Gasteiger charge is -2.42. The Hall–Kier alpha value is -7.06. The largest absolute Gasteiger partial charge is 0.495 e. The topological polar surface area (TPSA) is 325 Å². The van der Waals surface area contributed by atoms with Gasteiger partial charge in [-0.25, -0.2) is 19.2 Å². The standard InChI is InChI=1S/C61H84BrClN8O16/c1-33(2)51(68-48(72)21-14-13-18-36(5)84-56(77)35(4)32-62)54(75)67-42(19-16-26-65-58(64)79)53(74)66-41-24-22-40(23-25-41)55(76)70(9)38(7)57(78)86-47-30-49(73)71(10)43-28-39(29-44(82-11)50(43)63)27-34(3)17-15-20-46(83-12)61(81)31-45(85-59(80)69-61)37(6)52-60(47,8)87-52/h15,17,20,22-25,28-29,33,36-38,42,45-47,51-52,81H,4,13-14,16,18-19,21,26-27,30-32H2,1-3,5-12H3,(H,66,74)(H,67,75)(H,68,72)(H,69,80)(H3,64,65,79)/b20-15+,34-17+/t36?,37-,38+,42+,45+,46-,47+,51+,52+,60+,61+/m1/s1. The molecule has 2 aromatic carbocycles. The molecule has 0 saturated carbocycles. The fraction of sp³-hybridized carbons (Fsp3) is 0.557. The predicted octanol–water partition coefficient (Wildman–Crippen LogP) is 6.28. The zero-order valence-electron chi connectivity index (χ0n) is 51.3. The lowest BCUT2D eigenvalue weighted by Crippen LogP contribution is -2.63. The maximum Gasteiger partial charge on any atom is 0.409 e. The number of halogens is 2. The summed E-state index contributed by atoms with van der Waals surface area (Å²) >= 11 is 10.0. The van der Waals surface area contributed by atoms with Crippen molar-refractivity contribution < 1.29 is 76.7 Å². The number of unbranched alkanes of at least 4 members (excludes halogenated alkanes) is 1. The van der Waals surface area contributed by atoms with E-state index >= 15 is 0 Å². The Morgan fingerprint density at radius 1 is 1.01 bits per heavy atom. The molecular weight excluding hydrogens is 1220 g/mol. The van der Waals surface area contributed by atoms with E-state index in [0.717, 1.165) is 16.0 Å². The average Bonchev–Trinajstić information content (AvgIpc) is 1.65. The first kappa shape index (κ1) is 70.7. The van der Waals surface area contributed by atoms with E-state index < -0.39 is 120 Å². The van der Waals surface area contributed by atoms with Crippen LogP contribution in [0.1, 0.15) is 116 Å². The number of allylic oxidation sites excluding steroid dienone is 3. The molecule has 24 nitrogen and oxygen atoms in total. The van der Waals surface area contributed by atoms with E-state index in [1.807, 2.05) is 13.0 Å². The first-order chi connectivity index (χ1) is 41.0. The van der Waals surface area contributed by atoms with Gasteiger partial charge in [0.25, 0.3) is 5.91 Å². The van der Waals surface area contributed by atoms with E-state index in [9.17, 15) is 48.3 Å². The molecule has 2 fully saturated rings. The van der Waals surface area contributed by atoms with Gasteiger partial charge in [0.15, 0.2) is 5.72 Å². The Morgan fingerprint density at radius 2 is 1.70 bits per heavy atom. The van der Waals surface area contributed by atoms with Gasteiger partial charge in [0.05, 0.1) is 31.4 Å². The van der Waals surface area contributed by atoms with Crippen LogP contribution in [-0.2, 0) is 58.9 Å². The van der Waals surface area contributed by atoms with E-state index in [0.29, 0.717) is 42.7 Å². The highest BCUT2D eigenvalue weighted by atomic mass is 79.9. The Labute approximate surface area is 521 Å². The first-order valence-corrected chi connectivity index (χ1v) is 30.3. The van der Waals surface area contributed by atoms with Crippen molar-refractivity contribution in [3.05, 3.63) is 88.5 Å². The van der Waals surface area contributed by atoms with Gasteiger partial charge in [0, 0.05) is 68.7 Å². The second kappa shape index (κ2) is 31.7. The maximum atomic E-state index is 14.5. The summed E-state index contributed by atoms with van der Waals surface area (Å²) in [5.74, 6) is -4.91. The summed E-state index contributed by atoms with van der Waals surface area (Å²) in [6.45, 7) is 15.7. The van der Waals surface area contributed by atoms with Gasteiger partial charge in [-0.3, -0.25) is 29.3 Å². The van der Waals surface area contributed by atoms with Gasteiger partial charge in [-0.1, -0.05) is 78.7 Å². The summed E-state index contributed by atoms with van der Waals surface area (Å²) in [5, 5.41) is 25.6. The SMILES string of the molecule is C=C(CBr)C(=O)OC(C)CCCCC(=O)N[C@H](C(=O)N[C@@H](CCCNC(N)=O)C(=O)Nc1ccc(C(=O)N(C)[C@@H](C)C(=O)O[C@H]2CC(=O)N(C)c3cc(cc(OC)c3Cl)C/C(C)=C/C=C/[C@@H](OC)[C@@]3(O)C[C@H](OC(=O)N3)[C@@H](C)[C@@H]3O[C@@]23C)cc1)C(C)C. The third-order valence-corrected chi connectivity index (χ3v) is 16.8. The number of esters is 2. The highest BCUT2D eigenvalue weighted by molar-refractivity contribution is 9.09. The van der Waals surface area contributed by atoms with E-state index in [-0.39, 0.29) is 65.7 Å². The summed E-state index contributed by atoms with van der Waals surface area (Å²) in [6, 6.07) is 5.06. The van der Waals surface area contributed by atoms with Crippen molar-refractivity contribution in [3.63, 3.8) is 0 Å². The quantitative estimate of drug-likeness (QED) is 0.0152. The molecule has 87 heavy (non-hydrogen) atoms. The van der Waals surface area contributed by atoms with Crippen LogP contribution in [0.15, 0.2) is 72.4 Å². The molecule has 0 spiro atoms. The fourth-order valence-corrected chi connectivity index (χ4v) is 10.8. The number of amides is 8. The fourth-order valence-electron chi connectivity index (χ4n) is 10.2. The van der Waals surface area contributed by atoms with Crippen LogP contribution in [0.2, 0.25) is 5.02 Å². The van der Waals surface area contributed by atoms with Crippen LogP contribution in [0.4, 0.5) is 21.0 Å². The van der Waals surface area contributed by atoms with Crippen LogP contribution in [0.3, 0.4) is 0 Å². The smallest absolute Gasteiger partial charge is 0.409 e. The second-order valence-electron chi connectivity index (χ2n) is 22.9. The summed E-state index contributed by atoms with van der Waals surface area (Å²) in [5.41, 5.74) is 4.54. The van der Waals surface area contributed by atoms with E-state index in [1.54, 1.807) is 58.9 Å². The summed E-state index contributed by atoms with van der Waals surface area (Å²) < 4.78 is 34.9. The van der Waals surface area contributed by atoms with Crippen LogP contribution in [0.5, 0.6) is 5.75 Å². The number of primary amides is 1. The normalized spacial score (nSPS) is 24.3. The number of epoxide rings is 1. The van der Waals surface area contributed by atoms with Gasteiger partial charge in [-0.2, -0.15) is 0 Å². The lowest BCUT2D eigenvalue weighted by atomic mass is 9.83. The van der Waals surface area contributed by atoms with E-state index in [4.69, 9.17) is 45.8 Å². The molecule has 11 atom stereocenters. The number of alkyl halides is 1. The number of alkyl carbamates (subject to hydrolysis) is 1. The molecule has 5 rings (SSSR count). The number of hydrogen-bond donors (Lipinski definition) is 7. The number of nitrogens with zero attached hydrogens (tertiary/aromatic N) is 2. The number of ether oxygens (including phenoxy) is 6. The Kier molecular flexibility index (Phi) is 25.8. The number of aliphatic hydroxyl groups is 1. The maximum absolute atomic E-state index is 14.5. The molecule has 8 amide bonds. The van der Waals surface area contributed by atoms with Crippen LogP contribution >= 0.6 is 27.5 Å². The zero-order chi connectivity index (χ0) is 64.7. The molecule has 8 N–H and O–H groups in total. The van der Waals surface area contributed by atoms with Crippen molar-refractivity contribution in [2.75, 3.05) is 50.4 Å². The number of likely N-dealkylation sites (N-methyl/N-ethyl adjacent to an activating group) is 1. The van der Waals surface area contributed by atoms with E-state index in [1.165, 1.54) is 64.4 Å². The minimum absolute atomic E-state index is 0.0504. The van der Waals surface area contributed by atoms with Gasteiger partial charge >= 0.3 is 24.1 Å². The number of methoxy groups -OCH3 is 2. The minimum atomic E-state index is -1.91. The molecule has 0 aromatic heterocycles. The summed E-state index contributed by atoms with van der Waals surface area (Å²) in [6.07, 6.45) is 1.54. The molecule has 4 bridgehead atoms. The highest BCUT2D eigenvalue weighted by Gasteiger charge is 2.64. The minimum Gasteiger partial charge on any atom is -0.495 e. The molecule has 0 aliphatic carbocycles. The summed E-state index contributed by atoms with van der Waals surface area (Å²) in [7, 11) is 5.77. The molecule has 26 heteroatoms. The highest BCUT2D eigenvalue weighted by Crippen LogP contribution is 2.49. The molecule has 1 unspecified atom stereocenters. The van der Waals surface area contributed by atoms with Crippen molar-refractivity contribution in [1.82, 2.24) is 26.2 Å². The number of urea groups is 1. The number of anilines is 2. The van der Waals surface area contributed by atoms with Gasteiger partial charge in [-0.15, -0.1) is 0 Å². The third-order valence-electron chi connectivity index (χ3n) is 15.7. The average molecular weight is 1300 g/mol. The molecule has 3 aliphatic rings. The summed E-state index contributed by atoms with van der Waals surface area (Å²) in [4.78, 5) is 123. The number of nitrogens with two attached hydrogens (primary N) is 1. The molecule has 478 valence electrons. The Morgan fingerprint density at radius 3 is 2.33 bits per heavy atom. The van der Waals surface area contributed by atoms with Crippen LogP contribution < -0.4 is 42.0 Å². The van der Waals surface area contributed by atoms with Gasteiger partial charge in [0.2, 0.25) is 23.6 Å². The number of carbonyl (C=O) groups excluding carboxylic acids is 9.